The van der Waals surface area contributed by atoms with Crippen molar-refractivity contribution in [2.45, 2.75) is 25.7 Å². The SMILES string of the molecule is Nc1ccc(F)c(C2=CCCCC2)c1. The second kappa shape index (κ2) is 3.82. The first kappa shape index (κ1) is 9.25. The molecule has 0 unspecified atom stereocenters. The maximum Gasteiger partial charge on any atom is 0.130 e. The van der Waals surface area contributed by atoms with Gasteiger partial charge in [0.1, 0.15) is 5.82 Å². The van der Waals surface area contributed by atoms with E-state index in [1.165, 1.54) is 12.5 Å². The van der Waals surface area contributed by atoms with Crippen LogP contribution >= 0.6 is 0 Å². The van der Waals surface area contributed by atoms with Crippen molar-refractivity contribution in [3.63, 3.8) is 0 Å². The van der Waals surface area contributed by atoms with E-state index in [0.29, 0.717) is 11.3 Å². The third-order valence-corrected chi connectivity index (χ3v) is 2.63. The average Bonchev–Trinajstić information content (AvgIpc) is 2.23. The van der Waals surface area contributed by atoms with Crippen LogP contribution in [0.15, 0.2) is 24.3 Å². The van der Waals surface area contributed by atoms with Crippen LogP contribution in [0.1, 0.15) is 31.2 Å². The molecular weight excluding hydrogens is 177 g/mol. The van der Waals surface area contributed by atoms with Gasteiger partial charge in [-0.1, -0.05) is 6.08 Å². The van der Waals surface area contributed by atoms with E-state index in [-0.39, 0.29) is 5.82 Å². The number of hydrogen-bond acceptors (Lipinski definition) is 1. The Bertz CT molecular complexity index is 369. The fourth-order valence-electron chi connectivity index (χ4n) is 1.87. The van der Waals surface area contributed by atoms with E-state index in [9.17, 15) is 4.39 Å². The van der Waals surface area contributed by atoms with Crippen LogP contribution in [0.3, 0.4) is 0 Å². The van der Waals surface area contributed by atoms with Gasteiger partial charge >= 0.3 is 0 Å². The van der Waals surface area contributed by atoms with Gasteiger partial charge in [-0.3, -0.25) is 0 Å². The van der Waals surface area contributed by atoms with Gasteiger partial charge in [0.2, 0.25) is 0 Å². The number of hydrogen-bond donors (Lipinski definition) is 1. The van der Waals surface area contributed by atoms with Crippen molar-refractivity contribution in [1.29, 1.82) is 0 Å². The summed E-state index contributed by atoms with van der Waals surface area (Å²) in [4.78, 5) is 0. The van der Waals surface area contributed by atoms with Gasteiger partial charge in [-0.2, -0.15) is 0 Å². The summed E-state index contributed by atoms with van der Waals surface area (Å²) in [5.41, 5.74) is 8.07. The third kappa shape index (κ3) is 1.79. The number of benzene rings is 1. The van der Waals surface area contributed by atoms with Crippen molar-refractivity contribution in [3.05, 3.63) is 35.7 Å². The summed E-state index contributed by atoms with van der Waals surface area (Å²) in [6, 6.07) is 4.77. The lowest BCUT2D eigenvalue weighted by atomic mass is 9.93. The second-order valence-electron chi connectivity index (χ2n) is 3.71. The molecule has 1 aromatic rings. The minimum absolute atomic E-state index is 0.160. The highest BCUT2D eigenvalue weighted by atomic mass is 19.1. The van der Waals surface area contributed by atoms with Gasteiger partial charge in [-0.05, 0) is 49.5 Å². The predicted molar refractivity (Wildman–Crippen MR) is 57.3 cm³/mol. The molecule has 0 bridgehead atoms. The predicted octanol–water partition coefficient (Wildman–Crippen LogP) is 3.37. The zero-order valence-corrected chi connectivity index (χ0v) is 8.09. The molecular formula is C12H14FN. The summed E-state index contributed by atoms with van der Waals surface area (Å²) >= 11 is 0. The Hall–Kier alpha value is -1.31. The lowest BCUT2D eigenvalue weighted by Gasteiger charge is -2.13. The quantitative estimate of drug-likeness (QED) is 0.677. The van der Waals surface area contributed by atoms with E-state index < -0.39 is 0 Å². The Morgan fingerprint density at radius 2 is 2.07 bits per heavy atom. The maximum atomic E-state index is 13.5. The lowest BCUT2D eigenvalue weighted by Crippen LogP contribution is -1.96. The van der Waals surface area contributed by atoms with Gasteiger partial charge in [0, 0.05) is 11.3 Å². The van der Waals surface area contributed by atoms with Crippen molar-refractivity contribution >= 4 is 11.3 Å². The van der Waals surface area contributed by atoms with Crippen LogP contribution < -0.4 is 5.73 Å². The molecule has 1 aliphatic carbocycles. The van der Waals surface area contributed by atoms with E-state index in [4.69, 9.17) is 5.73 Å². The zero-order chi connectivity index (χ0) is 9.97. The smallest absolute Gasteiger partial charge is 0.130 e. The van der Waals surface area contributed by atoms with Crippen LogP contribution in [0.4, 0.5) is 10.1 Å². The van der Waals surface area contributed by atoms with Crippen molar-refractivity contribution in [3.8, 4) is 0 Å². The molecule has 1 aromatic carbocycles. The molecule has 0 aromatic heterocycles. The molecule has 14 heavy (non-hydrogen) atoms. The zero-order valence-electron chi connectivity index (χ0n) is 8.09. The molecule has 0 spiro atoms. The molecule has 2 N–H and O–H groups in total. The van der Waals surface area contributed by atoms with Crippen molar-refractivity contribution < 1.29 is 4.39 Å². The van der Waals surface area contributed by atoms with Gasteiger partial charge < -0.3 is 5.73 Å². The molecule has 2 rings (SSSR count). The van der Waals surface area contributed by atoms with Gasteiger partial charge in [0.25, 0.3) is 0 Å². The molecule has 0 saturated carbocycles. The lowest BCUT2D eigenvalue weighted by molar-refractivity contribution is 0.621. The van der Waals surface area contributed by atoms with Gasteiger partial charge in [0.15, 0.2) is 0 Å². The fourth-order valence-corrected chi connectivity index (χ4v) is 1.87. The van der Waals surface area contributed by atoms with E-state index in [0.717, 1.165) is 24.8 Å². The van der Waals surface area contributed by atoms with Gasteiger partial charge in [-0.15, -0.1) is 0 Å². The minimum Gasteiger partial charge on any atom is -0.399 e. The van der Waals surface area contributed by atoms with Crippen LogP contribution in [-0.4, -0.2) is 0 Å². The molecule has 0 heterocycles. The molecule has 1 nitrogen and oxygen atoms in total. The first-order valence-corrected chi connectivity index (χ1v) is 5.02. The van der Waals surface area contributed by atoms with E-state index in [1.807, 2.05) is 0 Å². The molecule has 0 radical (unpaired) electrons. The van der Waals surface area contributed by atoms with Gasteiger partial charge in [-0.25, -0.2) is 4.39 Å². The maximum absolute atomic E-state index is 13.5. The molecule has 0 fully saturated rings. The molecule has 1 aliphatic rings. The van der Waals surface area contributed by atoms with Crippen LogP contribution in [0.25, 0.3) is 5.57 Å². The summed E-state index contributed by atoms with van der Waals surface area (Å²) in [5.74, 6) is -0.160. The third-order valence-electron chi connectivity index (χ3n) is 2.63. The van der Waals surface area contributed by atoms with E-state index in [2.05, 4.69) is 6.08 Å². The minimum atomic E-state index is -0.160. The summed E-state index contributed by atoms with van der Waals surface area (Å²) in [7, 11) is 0. The van der Waals surface area contributed by atoms with Crippen molar-refractivity contribution in [1.82, 2.24) is 0 Å². The molecule has 0 saturated heterocycles. The summed E-state index contributed by atoms with van der Waals surface area (Å²) in [5, 5.41) is 0. The van der Waals surface area contributed by atoms with Gasteiger partial charge in [0.05, 0.1) is 0 Å². The van der Waals surface area contributed by atoms with Crippen LogP contribution in [0.5, 0.6) is 0 Å². The number of nitrogens with two attached hydrogens (primary N) is 1. The molecule has 2 heteroatoms. The number of allylic oxidation sites excluding steroid dienone is 2. The Morgan fingerprint density at radius 3 is 2.79 bits per heavy atom. The standard InChI is InChI=1S/C12H14FN/c13-12-7-6-10(14)8-11(12)9-4-2-1-3-5-9/h4,6-8H,1-3,5,14H2. The normalized spacial score (nSPS) is 16.5. The molecule has 0 amide bonds. The summed E-state index contributed by atoms with van der Waals surface area (Å²) in [6.07, 6.45) is 6.53. The molecule has 74 valence electrons. The van der Waals surface area contributed by atoms with Crippen molar-refractivity contribution in [2.75, 3.05) is 5.73 Å². The van der Waals surface area contributed by atoms with E-state index in [1.54, 1.807) is 12.1 Å². The van der Waals surface area contributed by atoms with E-state index >= 15 is 0 Å². The number of halogens is 1. The topological polar surface area (TPSA) is 26.0 Å². The van der Waals surface area contributed by atoms with Crippen LogP contribution in [0, 0.1) is 5.82 Å². The second-order valence-corrected chi connectivity index (χ2v) is 3.71. The number of nitrogen functional groups attached to an aromatic ring is 1. The fraction of sp³-hybridized carbons (Fsp3) is 0.333. The average molecular weight is 191 g/mol. The van der Waals surface area contributed by atoms with Crippen LogP contribution in [-0.2, 0) is 0 Å². The Morgan fingerprint density at radius 1 is 1.21 bits per heavy atom. The number of rotatable bonds is 1. The Kier molecular flexibility index (Phi) is 2.53. The van der Waals surface area contributed by atoms with Crippen molar-refractivity contribution in [2.24, 2.45) is 0 Å². The monoisotopic (exact) mass is 191 g/mol. The summed E-state index contributed by atoms with van der Waals surface area (Å²) < 4.78 is 13.5. The largest absolute Gasteiger partial charge is 0.399 e. The number of anilines is 1. The molecule has 0 aliphatic heterocycles. The molecule has 0 atom stereocenters. The highest BCUT2D eigenvalue weighted by molar-refractivity contribution is 5.69. The first-order chi connectivity index (χ1) is 6.77. The van der Waals surface area contributed by atoms with Crippen LogP contribution in [0.2, 0.25) is 0 Å². The summed E-state index contributed by atoms with van der Waals surface area (Å²) in [6.45, 7) is 0. The highest BCUT2D eigenvalue weighted by Gasteiger charge is 2.10. The Balaban J connectivity index is 2.39. The highest BCUT2D eigenvalue weighted by Crippen LogP contribution is 2.29. The Labute approximate surface area is 83.4 Å². The first-order valence-electron chi connectivity index (χ1n) is 5.02.